The first-order chi connectivity index (χ1) is 9.65. The summed E-state index contributed by atoms with van der Waals surface area (Å²) in [4.78, 5) is 2.40. The van der Waals surface area contributed by atoms with E-state index in [1.165, 1.54) is 12.1 Å². The molecule has 1 aliphatic carbocycles. The number of hydrogen-bond donors (Lipinski definition) is 1. The van der Waals surface area contributed by atoms with Crippen molar-refractivity contribution in [2.45, 2.75) is 25.4 Å². The van der Waals surface area contributed by atoms with Crippen molar-refractivity contribution in [3.05, 3.63) is 53.7 Å². The molecule has 0 spiro atoms. The molecule has 1 aromatic carbocycles. The molecule has 1 fully saturated rings. The smallest absolute Gasteiger partial charge is 0.124 e. The molecule has 0 unspecified atom stereocenters. The highest BCUT2D eigenvalue weighted by Gasteiger charge is 2.31. The minimum atomic E-state index is -0.328. The SMILES string of the molecule is NC(=S)c1cc(F)ccc1N(Cc1ccco1)C1CC1. The lowest BCUT2D eigenvalue weighted by Gasteiger charge is -2.26. The third kappa shape index (κ3) is 2.67. The Morgan fingerprint density at radius 2 is 2.20 bits per heavy atom. The molecule has 0 atom stereocenters. The highest BCUT2D eigenvalue weighted by Crippen LogP contribution is 2.35. The van der Waals surface area contributed by atoms with Crippen LogP contribution in [-0.2, 0) is 6.54 Å². The van der Waals surface area contributed by atoms with E-state index in [1.807, 2.05) is 12.1 Å². The van der Waals surface area contributed by atoms with Crippen LogP contribution in [0.5, 0.6) is 0 Å². The van der Waals surface area contributed by atoms with Crippen LogP contribution >= 0.6 is 12.2 Å². The Morgan fingerprint density at radius 3 is 2.80 bits per heavy atom. The average molecular weight is 290 g/mol. The quantitative estimate of drug-likeness (QED) is 0.859. The molecular weight excluding hydrogens is 275 g/mol. The number of halogens is 1. The predicted molar refractivity (Wildman–Crippen MR) is 80.2 cm³/mol. The third-order valence-corrected chi connectivity index (χ3v) is 3.65. The molecule has 1 aromatic heterocycles. The van der Waals surface area contributed by atoms with Crippen LogP contribution in [0.15, 0.2) is 41.0 Å². The van der Waals surface area contributed by atoms with Crippen LogP contribution in [0, 0.1) is 5.82 Å². The topological polar surface area (TPSA) is 42.4 Å². The maximum absolute atomic E-state index is 13.4. The number of anilines is 1. The fraction of sp³-hybridized carbons (Fsp3) is 0.267. The lowest BCUT2D eigenvalue weighted by molar-refractivity contribution is 0.501. The first-order valence-electron chi connectivity index (χ1n) is 6.53. The van der Waals surface area contributed by atoms with Gasteiger partial charge in [-0.2, -0.15) is 0 Å². The Balaban J connectivity index is 1.97. The first kappa shape index (κ1) is 13.1. The molecule has 1 saturated carbocycles. The molecule has 0 saturated heterocycles. The molecule has 0 radical (unpaired) electrons. The number of hydrogen-bond acceptors (Lipinski definition) is 3. The Bertz CT molecular complexity index is 623. The van der Waals surface area contributed by atoms with Crippen molar-refractivity contribution < 1.29 is 8.81 Å². The van der Waals surface area contributed by atoms with Gasteiger partial charge in [-0.1, -0.05) is 12.2 Å². The van der Waals surface area contributed by atoms with Crippen molar-refractivity contribution in [2.24, 2.45) is 5.73 Å². The number of nitrogens with two attached hydrogens (primary N) is 1. The van der Waals surface area contributed by atoms with Gasteiger partial charge >= 0.3 is 0 Å². The van der Waals surface area contributed by atoms with Crippen LogP contribution in [0.2, 0.25) is 0 Å². The van der Waals surface area contributed by atoms with E-state index in [-0.39, 0.29) is 10.8 Å². The normalized spacial score (nSPS) is 14.2. The summed E-state index contributed by atoms with van der Waals surface area (Å²) < 4.78 is 18.8. The highest BCUT2D eigenvalue weighted by atomic mass is 32.1. The number of rotatable bonds is 5. The zero-order chi connectivity index (χ0) is 14.1. The van der Waals surface area contributed by atoms with Crippen LogP contribution in [-0.4, -0.2) is 11.0 Å². The zero-order valence-corrected chi connectivity index (χ0v) is 11.7. The van der Waals surface area contributed by atoms with Gasteiger partial charge in [0.1, 0.15) is 16.6 Å². The zero-order valence-electron chi connectivity index (χ0n) is 10.9. The number of nitrogens with zero attached hydrogens (tertiary/aromatic N) is 1. The van der Waals surface area contributed by atoms with Crippen molar-refractivity contribution in [2.75, 3.05) is 4.90 Å². The molecule has 20 heavy (non-hydrogen) atoms. The van der Waals surface area contributed by atoms with E-state index in [0.29, 0.717) is 18.2 Å². The van der Waals surface area contributed by atoms with Gasteiger partial charge in [-0.3, -0.25) is 0 Å². The van der Waals surface area contributed by atoms with E-state index in [4.69, 9.17) is 22.4 Å². The molecule has 0 bridgehead atoms. The summed E-state index contributed by atoms with van der Waals surface area (Å²) in [6.07, 6.45) is 3.89. The summed E-state index contributed by atoms with van der Waals surface area (Å²) in [5.74, 6) is 0.542. The van der Waals surface area contributed by atoms with Gasteiger partial charge in [0.25, 0.3) is 0 Å². The molecule has 2 aromatic rings. The minimum Gasteiger partial charge on any atom is -0.467 e. The molecule has 5 heteroatoms. The average Bonchev–Trinajstić information content (AvgIpc) is 3.13. The van der Waals surface area contributed by atoms with Crippen LogP contribution in [0.1, 0.15) is 24.2 Å². The molecule has 3 nitrogen and oxygen atoms in total. The molecule has 0 amide bonds. The largest absolute Gasteiger partial charge is 0.467 e. The second kappa shape index (κ2) is 5.25. The lowest BCUT2D eigenvalue weighted by atomic mass is 10.1. The van der Waals surface area contributed by atoms with Crippen molar-refractivity contribution >= 4 is 22.9 Å². The van der Waals surface area contributed by atoms with Gasteiger partial charge in [-0.25, -0.2) is 4.39 Å². The third-order valence-electron chi connectivity index (χ3n) is 3.43. The standard InChI is InChI=1S/C15H15FN2OS/c16-10-3-6-14(13(8-10)15(17)20)18(11-4-5-11)9-12-2-1-7-19-12/h1-3,6-8,11H,4-5,9H2,(H2,17,20). The van der Waals surface area contributed by atoms with Crippen LogP contribution in [0.4, 0.5) is 10.1 Å². The maximum Gasteiger partial charge on any atom is 0.124 e. The van der Waals surface area contributed by atoms with Crippen molar-refractivity contribution in [1.29, 1.82) is 0 Å². The monoisotopic (exact) mass is 290 g/mol. The second-order valence-corrected chi connectivity index (χ2v) is 5.40. The Labute approximate surface area is 122 Å². The minimum absolute atomic E-state index is 0.213. The maximum atomic E-state index is 13.4. The Morgan fingerprint density at radius 1 is 1.40 bits per heavy atom. The summed E-state index contributed by atoms with van der Waals surface area (Å²) in [6, 6.07) is 8.81. The number of furan rings is 1. The van der Waals surface area contributed by atoms with Gasteiger partial charge in [-0.15, -0.1) is 0 Å². The molecule has 3 rings (SSSR count). The number of benzene rings is 1. The summed E-state index contributed by atoms with van der Waals surface area (Å²) in [6.45, 7) is 0.638. The highest BCUT2D eigenvalue weighted by molar-refractivity contribution is 7.80. The Kier molecular flexibility index (Phi) is 3.44. The van der Waals surface area contributed by atoms with Crippen LogP contribution in [0.3, 0.4) is 0 Å². The van der Waals surface area contributed by atoms with Crippen molar-refractivity contribution in [3.8, 4) is 0 Å². The first-order valence-corrected chi connectivity index (χ1v) is 6.94. The van der Waals surface area contributed by atoms with E-state index < -0.39 is 0 Å². The van der Waals surface area contributed by atoms with Gasteiger partial charge in [0.15, 0.2) is 0 Å². The predicted octanol–water partition coefficient (Wildman–Crippen LogP) is 3.22. The van der Waals surface area contributed by atoms with Gasteiger partial charge in [-0.05, 0) is 43.2 Å². The van der Waals surface area contributed by atoms with E-state index in [9.17, 15) is 4.39 Å². The van der Waals surface area contributed by atoms with Gasteiger partial charge in [0.2, 0.25) is 0 Å². The van der Waals surface area contributed by atoms with Crippen LogP contribution < -0.4 is 10.6 Å². The molecular formula is C15H15FN2OS. The molecule has 1 aliphatic rings. The van der Waals surface area contributed by atoms with E-state index >= 15 is 0 Å². The lowest BCUT2D eigenvalue weighted by Crippen LogP contribution is -2.27. The fourth-order valence-corrected chi connectivity index (χ4v) is 2.49. The van der Waals surface area contributed by atoms with E-state index in [0.717, 1.165) is 24.3 Å². The number of thiocarbonyl (C=S) groups is 1. The summed E-state index contributed by atoms with van der Waals surface area (Å²) >= 11 is 5.04. The summed E-state index contributed by atoms with van der Waals surface area (Å²) in [7, 11) is 0. The van der Waals surface area contributed by atoms with Crippen LogP contribution in [0.25, 0.3) is 0 Å². The van der Waals surface area contributed by atoms with E-state index in [1.54, 1.807) is 12.3 Å². The second-order valence-electron chi connectivity index (χ2n) is 4.96. The molecule has 2 N–H and O–H groups in total. The van der Waals surface area contributed by atoms with Crippen molar-refractivity contribution in [1.82, 2.24) is 0 Å². The van der Waals surface area contributed by atoms with Gasteiger partial charge in [0.05, 0.1) is 12.8 Å². The summed E-state index contributed by atoms with van der Waals surface area (Å²) in [5.41, 5.74) is 7.18. The summed E-state index contributed by atoms with van der Waals surface area (Å²) in [5, 5.41) is 0. The van der Waals surface area contributed by atoms with Crippen molar-refractivity contribution in [3.63, 3.8) is 0 Å². The fourth-order valence-electron chi connectivity index (χ4n) is 2.32. The van der Waals surface area contributed by atoms with Gasteiger partial charge < -0.3 is 15.1 Å². The molecule has 0 aliphatic heterocycles. The Hall–Kier alpha value is -1.88. The van der Waals surface area contributed by atoms with Gasteiger partial charge in [0, 0.05) is 17.3 Å². The molecule has 104 valence electrons. The van der Waals surface area contributed by atoms with E-state index in [2.05, 4.69) is 4.90 Å². The molecule has 1 heterocycles.